The molecule has 7 heteroatoms. The maximum absolute atomic E-state index is 4.93. The lowest BCUT2D eigenvalue weighted by Crippen LogP contribution is -1.84. The summed E-state index contributed by atoms with van der Waals surface area (Å²) in [5.74, 6) is 0. The number of nitrogens with zero attached hydrogens (tertiary/aromatic N) is 2. The Bertz CT molecular complexity index is 322. The van der Waals surface area contributed by atoms with Crippen molar-refractivity contribution < 1.29 is 0 Å². The zero-order valence-electron chi connectivity index (χ0n) is 4.97. The van der Waals surface area contributed by atoms with E-state index in [1.54, 1.807) is 0 Å². The van der Waals surface area contributed by atoms with Gasteiger partial charge in [-0.2, -0.15) is 0 Å². The summed E-state index contributed by atoms with van der Waals surface area (Å²) in [6.45, 7) is 1.87. The van der Waals surface area contributed by atoms with Gasteiger partial charge >= 0.3 is 0 Å². The van der Waals surface area contributed by atoms with Crippen molar-refractivity contribution in [2.75, 3.05) is 0 Å². The van der Waals surface area contributed by atoms with Gasteiger partial charge in [0.15, 0.2) is 4.34 Å². The van der Waals surface area contributed by atoms with E-state index in [1.807, 2.05) is 6.92 Å². The van der Waals surface area contributed by atoms with Crippen molar-refractivity contribution in [2.24, 2.45) is 0 Å². The lowest BCUT2D eigenvalue weighted by Gasteiger charge is -1.90. The van der Waals surface area contributed by atoms with Gasteiger partial charge in [0.1, 0.15) is 5.01 Å². The molecule has 0 radical (unpaired) electrons. The Kier molecular flexibility index (Phi) is 2.62. The molecule has 1 heterocycles. The lowest BCUT2D eigenvalue weighted by atomic mass is 10.9. The molecule has 0 bridgehead atoms. The van der Waals surface area contributed by atoms with Crippen molar-refractivity contribution >= 4 is 51.6 Å². The van der Waals surface area contributed by atoms with Gasteiger partial charge in [0.05, 0.1) is 0 Å². The van der Waals surface area contributed by atoms with Crippen molar-refractivity contribution in [2.45, 2.75) is 11.3 Å². The fraction of sp³-hybridized carbons (Fsp3) is 0.333. The smallest absolute Gasteiger partial charge is 0.143 e. The van der Waals surface area contributed by atoms with Gasteiger partial charge in [-0.15, -0.1) is 10.2 Å². The Morgan fingerprint density at radius 2 is 2.10 bits per heavy atom. The number of rotatable bonds is 1. The van der Waals surface area contributed by atoms with E-state index >= 15 is 0 Å². The Balaban J connectivity index is 3.21. The molecule has 0 aliphatic rings. The van der Waals surface area contributed by atoms with Gasteiger partial charge in [-0.05, 0) is 29.3 Å². The normalized spacial score (nSPS) is 11.8. The highest BCUT2D eigenvalue weighted by Gasteiger charge is 2.05. The molecule has 2 nitrogen and oxygen atoms in total. The van der Waals surface area contributed by atoms with E-state index in [4.69, 9.17) is 22.4 Å². The Morgan fingerprint density at radius 3 is 2.30 bits per heavy atom. The second-order valence-electron chi connectivity index (χ2n) is 1.56. The average molecular weight is 228 g/mol. The van der Waals surface area contributed by atoms with Crippen molar-refractivity contribution in [1.82, 2.24) is 10.2 Å². The van der Waals surface area contributed by atoms with Gasteiger partial charge in [-0.25, -0.2) is 0 Å². The zero-order chi connectivity index (χ0) is 7.78. The van der Waals surface area contributed by atoms with Gasteiger partial charge in [0.2, 0.25) is 0 Å². The summed E-state index contributed by atoms with van der Waals surface area (Å²) in [7, 11) is 0. The number of aryl methyl sites for hydroxylation is 1. The first-order valence-corrected chi connectivity index (χ1v) is 7.63. The van der Waals surface area contributed by atoms with Gasteiger partial charge < -0.3 is 0 Å². The number of hydrogen-bond acceptors (Lipinski definition) is 5. The molecule has 1 aromatic heterocycles. The number of hydrogen-bond donors (Lipinski definition) is 1. The maximum Gasteiger partial charge on any atom is 0.191 e. The van der Waals surface area contributed by atoms with E-state index in [-0.39, 0.29) is 0 Å². The molecule has 0 aliphatic carbocycles. The highest BCUT2D eigenvalue weighted by molar-refractivity contribution is 8.93. The van der Waals surface area contributed by atoms with Gasteiger partial charge in [-0.3, -0.25) is 0 Å². The van der Waals surface area contributed by atoms with Crippen LogP contribution in [-0.2, 0) is 28.6 Å². The van der Waals surface area contributed by atoms with Crippen molar-refractivity contribution in [3.63, 3.8) is 0 Å². The minimum absolute atomic E-state index is 0.693. The molecule has 0 saturated carbocycles. The average Bonchev–Trinajstić information content (AvgIpc) is 2.11. The van der Waals surface area contributed by atoms with Crippen LogP contribution in [0.15, 0.2) is 4.34 Å². The first kappa shape index (κ1) is 8.79. The quantitative estimate of drug-likeness (QED) is 0.575. The number of thiol groups is 1. The van der Waals surface area contributed by atoms with E-state index < -0.39 is 6.18 Å². The monoisotopic (exact) mass is 228 g/mol. The first-order chi connectivity index (χ1) is 4.50. The van der Waals surface area contributed by atoms with Crippen molar-refractivity contribution in [3.8, 4) is 0 Å². The van der Waals surface area contributed by atoms with Crippen LogP contribution >= 0.6 is 23.0 Å². The summed E-state index contributed by atoms with van der Waals surface area (Å²) in [5, 5.41) is 8.48. The van der Waals surface area contributed by atoms with E-state index in [2.05, 4.69) is 21.9 Å². The molecular weight excluding hydrogens is 224 g/mol. The predicted octanol–water partition coefficient (Wildman–Crippen LogP) is 1.13. The topological polar surface area (TPSA) is 25.8 Å². The maximum atomic E-state index is 4.93. The SMILES string of the molecule is Cc1nnc(S(=S)(=S)S)s1. The summed E-state index contributed by atoms with van der Waals surface area (Å²) < 4.78 is 0.693. The fourth-order valence-electron chi connectivity index (χ4n) is 0.383. The molecule has 10 heavy (non-hydrogen) atoms. The van der Waals surface area contributed by atoms with E-state index in [9.17, 15) is 0 Å². The molecule has 0 N–H and O–H groups in total. The molecule has 1 rings (SSSR count). The largest absolute Gasteiger partial charge is 0.191 e. The Hall–Kier alpha value is 0.700. The third-order valence-corrected chi connectivity index (χ3v) is 5.35. The van der Waals surface area contributed by atoms with Crippen LogP contribution in [0.5, 0.6) is 0 Å². The highest BCUT2D eigenvalue weighted by Crippen LogP contribution is 2.18. The molecule has 0 saturated heterocycles. The third kappa shape index (κ3) is 2.09. The van der Waals surface area contributed by atoms with Crippen LogP contribution in [-0.4, -0.2) is 10.2 Å². The zero-order valence-corrected chi connectivity index (χ0v) is 9.14. The fourth-order valence-corrected chi connectivity index (χ4v) is 2.98. The van der Waals surface area contributed by atoms with Crippen LogP contribution in [0.25, 0.3) is 0 Å². The molecular formula is C3H4N2S5. The second-order valence-corrected chi connectivity index (χ2v) is 11.1. The molecule has 0 aliphatic heterocycles. The Morgan fingerprint density at radius 1 is 1.50 bits per heavy atom. The van der Waals surface area contributed by atoms with E-state index in [1.165, 1.54) is 11.3 Å². The first-order valence-electron chi connectivity index (χ1n) is 2.28. The Labute approximate surface area is 77.7 Å². The van der Waals surface area contributed by atoms with Crippen LogP contribution in [0.1, 0.15) is 5.01 Å². The summed E-state index contributed by atoms with van der Waals surface area (Å²) in [6.07, 6.45) is -1.78. The minimum Gasteiger partial charge on any atom is -0.143 e. The molecule has 0 unspecified atom stereocenters. The van der Waals surface area contributed by atoms with Crippen molar-refractivity contribution in [1.29, 1.82) is 0 Å². The summed E-state index contributed by atoms with van der Waals surface area (Å²) in [6, 6.07) is 0. The minimum atomic E-state index is -1.78. The van der Waals surface area contributed by atoms with Crippen LogP contribution in [0.2, 0.25) is 0 Å². The number of aromatic nitrogens is 2. The highest BCUT2D eigenvalue weighted by atomic mass is 33.5. The lowest BCUT2D eigenvalue weighted by molar-refractivity contribution is 0.985. The molecule has 0 fully saturated rings. The molecule has 0 atom stereocenters. The van der Waals surface area contributed by atoms with Crippen LogP contribution in [0, 0.1) is 6.92 Å². The summed E-state index contributed by atoms with van der Waals surface area (Å²) in [5.41, 5.74) is 0. The van der Waals surface area contributed by atoms with Gasteiger partial charge in [0.25, 0.3) is 0 Å². The summed E-state index contributed by atoms with van der Waals surface area (Å²) in [4.78, 5) is 0. The summed E-state index contributed by atoms with van der Waals surface area (Å²) >= 11 is 15.4. The van der Waals surface area contributed by atoms with Crippen LogP contribution in [0.3, 0.4) is 0 Å². The second kappa shape index (κ2) is 2.98. The van der Waals surface area contributed by atoms with E-state index in [0.717, 1.165) is 5.01 Å². The van der Waals surface area contributed by atoms with Crippen LogP contribution in [0.4, 0.5) is 0 Å². The van der Waals surface area contributed by atoms with Crippen LogP contribution < -0.4 is 0 Å². The standard InChI is InChI=1S/C3H4N2S5/c1-2-4-5-3(9-2)10(6,7)8/h1H3,(H,6,7,8). The van der Waals surface area contributed by atoms with Gasteiger partial charge in [0, 0.05) is 6.18 Å². The molecule has 0 amide bonds. The molecule has 56 valence electrons. The van der Waals surface area contributed by atoms with Gasteiger partial charge in [-0.1, -0.05) is 23.0 Å². The van der Waals surface area contributed by atoms with E-state index in [0.29, 0.717) is 4.34 Å². The predicted molar refractivity (Wildman–Crippen MR) is 54.0 cm³/mol. The molecule has 1 aromatic rings. The molecule has 0 aromatic carbocycles. The molecule has 0 spiro atoms. The third-order valence-electron chi connectivity index (χ3n) is 0.728. The van der Waals surface area contributed by atoms with Crippen molar-refractivity contribution in [3.05, 3.63) is 5.01 Å².